The SMILES string of the molecule is CCCC(CCCC1CC(F)C(F)C(F)C1)C1OCC(C)CO1. The molecule has 3 atom stereocenters. The molecule has 2 nitrogen and oxygen atoms in total. The lowest BCUT2D eigenvalue weighted by molar-refractivity contribution is -0.224. The summed E-state index contributed by atoms with van der Waals surface area (Å²) in [7, 11) is 0. The Bertz CT molecular complexity index is 322. The van der Waals surface area contributed by atoms with Crippen LogP contribution in [0.4, 0.5) is 13.2 Å². The summed E-state index contributed by atoms with van der Waals surface area (Å²) in [6.45, 7) is 5.71. The van der Waals surface area contributed by atoms with Crippen LogP contribution in [0, 0.1) is 17.8 Å². The average molecular weight is 336 g/mol. The molecule has 1 aliphatic heterocycles. The van der Waals surface area contributed by atoms with E-state index in [4.69, 9.17) is 9.47 Å². The molecule has 23 heavy (non-hydrogen) atoms. The van der Waals surface area contributed by atoms with Crippen molar-refractivity contribution in [3.63, 3.8) is 0 Å². The molecule has 2 rings (SSSR count). The lowest BCUT2D eigenvalue weighted by Gasteiger charge is -2.34. The van der Waals surface area contributed by atoms with E-state index in [1.54, 1.807) is 0 Å². The van der Waals surface area contributed by atoms with Gasteiger partial charge in [0, 0.05) is 11.8 Å². The molecule has 1 heterocycles. The molecule has 5 heteroatoms. The minimum absolute atomic E-state index is 0.0394. The second-order valence-corrected chi connectivity index (χ2v) is 7.43. The van der Waals surface area contributed by atoms with Crippen molar-refractivity contribution in [2.45, 2.75) is 83.6 Å². The first kappa shape index (κ1) is 19.0. The van der Waals surface area contributed by atoms with E-state index >= 15 is 0 Å². The number of ether oxygens (including phenoxy) is 2. The topological polar surface area (TPSA) is 18.5 Å². The minimum atomic E-state index is -1.93. The maximum absolute atomic E-state index is 13.5. The van der Waals surface area contributed by atoms with Gasteiger partial charge >= 0.3 is 0 Å². The van der Waals surface area contributed by atoms with Crippen LogP contribution >= 0.6 is 0 Å². The Morgan fingerprint density at radius 3 is 2.17 bits per heavy atom. The number of halogens is 3. The lowest BCUT2D eigenvalue weighted by Crippen LogP contribution is -2.37. The Morgan fingerprint density at radius 1 is 1.00 bits per heavy atom. The van der Waals surface area contributed by atoms with Gasteiger partial charge in [-0.15, -0.1) is 0 Å². The molecule has 0 N–H and O–H groups in total. The third kappa shape index (κ3) is 5.63. The Morgan fingerprint density at radius 2 is 1.61 bits per heavy atom. The largest absolute Gasteiger partial charge is 0.352 e. The summed E-state index contributed by atoms with van der Waals surface area (Å²) in [5, 5.41) is 0. The highest BCUT2D eigenvalue weighted by molar-refractivity contribution is 4.86. The van der Waals surface area contributed by atoms with Crippen molar-refractivity contribution in [3.8, 4) is 0 Å². The van der Waals surface area contributed by atoms with Gasteiger partial charge < -0.3 is 9.47 Å². The van der Waals surface area contributed by atoms with E-state index in [0.29, 0.717) is 11.8 Å². The summed E-state index contributed by atoms with van der Waals surface area (Å²) < 4.78 is 51.7. The van der Waals surface area contributed by atoms with Crippen LogP contribution in [0.1, 0.15) is 58.8 Å². The summed E-state index contributed by atoms with van der Waals surface area (Å²) in [6, 6.07) is 0. The molecule has 2 aliphatic rings. The predicted molar refractivity (Wildman–Crippen MR) is 84.5 cm³/mol. The number of rotatable bonds is 7. The van der Waals surface area contributed by atoms with Gasteiger partial charge in [0.15, 0.2) is 12.5 Å². The van der Waals surface area contributed by atoms with Crippen LogP contribution in [-0.4, -0.2) is 38.0 Å². The van der Waals surface area contributed by atoms with Crippen LogP contribution in [0.15, 0.2) is 0 Å². The van der Waals surface area contributed by atoms with Crippen LogP contribution in [0.25, 0.3) is 0 Å². The summed E-state index contributed by atoms with van der Waals surface area (Å²) in [6.07, 6.45) is -0.327. The monoisotopic (exact) mass is 336 g/mol. The first-order chi connectivity index (χ1) is 11.0. The van der Waals surface area contributed by atoms with Gasteiger partial charge in [0.05, 0.1) is 13.2 Å². The second kappa shape index (κ2) is 9.26. The summed E-state index contributed by atoms with van der Waals surface area (Å²) >= 11 is 0. The van der Waals surface area contributed by atoms with E-state index in [2.05, 4.69) is 13.8 Å². The highest BCUT2D eigenvalue weighted by Crippen LogP contribution is 2.35. The smallest absolute Gasteiger partial charge is 0.162 e. The molecule has 0 aromatic heterocycles. The van der Waals surface area contributed by atoms with E-state index in [0.717, 1.165) is 45.3 Å². The molecule has 1 saturated carbocycles. The zero-order valence-corrected chi connectivity index (χ0v) is 14.4. The van der Waals surface area contributed by atoms with E-state index in [9.17, 15) is 13.2 Å². The third-order valence-electron chi connectivity index (χ3n) is 5.13. The summed E-state index contributed by atoms with van der Waals surface area (Å²) in [4.78, 5) is 0. The van der Waals surface area contributed by atoms with Crippen molar-refractivity contribution in [1.29, 1.82) is 0 Å². The Hall–Kier alpha value is -0.290. The Balaban J connectivity index is 1.73. The first-order valence-corrected chi connectivity index (χ1v) is 9.16. The van der Waals surface area contributed by atoms with Gasteiger partial charge in [0.1, 0.15) is 12.3 Å². The fourth-order valence-corrected chi connectivity index (χ4v) is 3.80. The van der Waals surface area contributed by atoms with E-state index in [1.807, 2.05) is 0 Å². The quantitative estimate of drug-likeness (QED) is 0.651. The maximum atomic E-state index is 13.5. The van der Waals surface area contributed by atoms with Gasteiger partial charge in [-0.3, -0.25) is 0 Å². The van der Waals surface area contributed by atoms with Crippen molar-refractivity contribution in [2.75, 3.05) is 13.2 Å². The van der Waals surface area contributed by atoms with Crippen molar-refractivity contribution in [2.24, 2.45) is 17.8 Å². The van der Waals surface area contributed by atoms with Crippen LogP contribution in [0.3, 0.4) is 0 Å². The van der Waals surface area contributed by atoms with E-state index in [-0.39, 0.29) is 25.0 Å². The second-order valence-electron chi connectivity index (χ2n) is 7.43. The lowest BCUT2D eigenvalue weighted by atomic mass is 9.81. The highest BCUT2D eigenvalue weighted by atomic mass is 19.2. The molecule has 3 unspecified atom stereocenters. The van der Waals surface area contributed by atoms with Crippen LogP contribution in [0.5, 0.6) is 0 Å². The first-order valence-electron chi connectivity index (χ1n) is 9.16. The number of hydrogen-bond acceptors (Lipinski definition) is 2. The van der Waals surface area contributed by atoms with Crippen LogP contribution < -0.4 is 0 Å². The molecule has 0 bridgehead atoms. The normalized spacial score (nSPS) is 40.0. The standard InChI is InChI=1S/C18H31F3O2/c1-3-5-14(18-22-10-12(2)11-23-18)7-4-6-13-8-15(19)17(21)16(20)9-13/h12-18H,3-11H2,1-2H3. The van der Waals surface area contributed by atoms with Crippen LogP contribution in [-0.2, 0) is 9.47 Å². The van der Waals surface area contributed by atoms with Gasteiger partial charge in [-0.1, -0.05) is 33.1 Å². The highest BCUT2D eigenvalue weighted by Gasteiger charge is 2.38. The fourth-order valence-electron chi connectivity index (χ4n) is 3.80. The zero-order valence-electron chi connectivity index (χ0n) is 14.4. The molecule has 0 aromatic rings. The molecule has 2 fully saturated rings. The van der Waals surface area contributed by atoms with E-state index in [1.165, 1.54) is 0 Å². The van der Waals surface area contributed by atoms with Gasteiger partial charge in [0.25, 0.3) is 0 Å². The van der Waals surface area contributed by atoms with Crippen molar-refractivity contribution in [1.82, 2.24) is 0 Å². The average Bonchev–Trinajstić information content (AvgIpc) is 2.52. The molecule has 136 valence electrons. The molecule has 0 amide bonds. The van der Waals surface area contributed by atoms with E-state index < -0.39 is 18.5 Å². The molecule has 1 aliphatic carbocycles. The molecular weight excluding hydrogens is 305 g/mol. The number of hydrogen-bond donors (Lipinski definition) is 0. The van der Waals surface area contributed by atoms with Gasteiger partial charge in [-0.25, -0.2) is 13.2 Å². The molecule has 0 aromatic carbocycles. The van der Waals surface area contributed by atoms with Gasteiger partial charge in [-0.2, -0.15) is 0 Å². The predicted octanol–water partition coefficient (Wildman–Crippen LogP) is 5.01. The van der Waals surface area contributed by atoms with Crippen molar-refractivity contribution >= 4 is 0 Å². The fraction of sp³-hybridized carbons (Fsp3) is 1.00. The van der Waals surface area contributed by atoms with Crippen molar-refractivity contribution in [3.05, 3.63) is 0 Å². The summed E-state index contributed by atoms with van der Waals surface area (Å²) in [5.41, 5.74) is 0. The third-order valence-corrected chi connectivity index (χ3v) is 5.13. The van der Waals surface area contributed by atoms with Crippen molar-refractivity contribution < 1.29 is 22.6 Å². The Kier molecular flexibility index (Phi) is 7.67. The number of alkyl halides is 3. The van der Waals surface area contributed by atoms with Gasteiger partial charge in [-0.05, 0) is 31.6 Å². The molecule has 0 radical (unpaired) electrons. The van der Waals surface area contributed by atoms with Gasteiger partial charge in [0.2, 0.25) is 0 Å². The molecule has 1 saturated heterocycles. The van der Waals surface area contributed by atoms with Crippen LogP contribution in [0.2, 0.25) is 0 Å². The zero-order chi connectivity index (χ0) is 16.8. The summed E-state index contributed by atoms with van der Waals surface area (Å²) in [5.74, 6) is 0.738. The molecular formula is C18H31F3O2. The maximum Gasteiger partial charge on any atom is 0.162 e. The molecule has 0 spiro atoms. The Labute approximate surface area is 138 Å². The minimum Gasteiger partial charge on any atom is -0.352 e.